The maximum absolute atomic E-state index is 13.8. The van der Waals surface area contributed by atoms with Gasteiger partial charge in [0.05, 0.1) is 18.1 Å². The summed E-state index contributed by atoms with van der Waals surface area (Å²) in [6.07, 6.45) is 3.89. The van der Waals surface area contributed by atoms with Crippen LogP contribution in [-0.4, -0.2) is 24.4 Å². The molecule has 0 aliphatic heterocycles. The van der Waals surface area contributed by atoms with E-state index in [0.717, 1.165) is 5.69 Å². The van der Waals surface area contributed by atoms with E-state index in [1.54, 1.807) is 30.6 Å². The predicted molar refractivity (Wildman–Crippen MR) is 93.3 cm³/mol. The maximum atomic E-state index is 13.8. The molecule has 3 heterocycles. The van der Waals surface area contributed by atoms with Crippen molar-refractivity contribution in [1.82, 2.24) is 24.4 Å². The van der Waals surface area contributed by atoms with Crippen LogP contribution >= 0.6 is 11.3 Å². The van der Waals surface area contributed by atoms with Crippen molar-refractivity contribution >= 4 is 27.1 Å². The van der Waals surface area contributed by atoms with Crippen LogP contribution in [0.5, 0.6) is 0 Å². The SMILES string of the molecule is CCc1cc(=O)n2nc(Nc3cnn(-c4ccccc4F)c3)sc2n1. The first-order chi connectivity index (χ1) is 12.1. The molecule has 1 N–H and O–H groups in total. The molecule has 126 valence electrons. The Hall–Kier alpha value is -3.07. The van der Waals surface area contributed by atoms with E-state index < -0.39 is 0 Å². The van der Waals surface area contributed by atoms with Crippen LogP contribution in [0.1, 0.15) is 12.6 Å². The molecular weight excluding hydrogens is 343 g/mol. The van der Waals surface area contributed by atoms with Gasteiger partial charge in [0.15, 0.2) is 0 Å². The van der Waals surface area contributed by atoms with Gasteiger partial charge in [-0.2, -0.15) is 9.61 Å². The van der Waals surface area contributed by atoms with E-state index in [-0.39, 0.29) is 11.4 Å². The highest BCUT2D eigenvalue weighted by molar-refractivity contribution is 7.20. The summed E-state index contributed by atoms with van der Waals surface area (Å²) in [5.74, 6) is -0.361. The Bertz CT molecular complexity index is 1120. The number of nitrogens with one attached hydrogen (secondary N) is 1. The van der Waals surface area contributed by atoms with Gasteiger partial charge < -0.3 is 5.32 Å². The fourth-order valence-corrected chi connectivity index (χ4v) is 3.21. The minimum absolute atomic E-state index is 0.215. The summed E-state index contributed by atoms with van der Waals surface area (Å²) in [6, 6.07) is 7.86. The van der Waals surface area contributed by atoms with Crippen LogP contribution in [0.25, 0.3) is 10.6 Å². The van der Waals surface area contributed by atoms with Gasteiger partial charge in [-0.1, -0.05) is 30.4 Å². The van der Waals surface area contributed by atoms with E-state index in [2.05, 4.69) is 20.5 Å². The highest BCUT2D eigenvalue weighted by Crippen LogP contribution is 2.22. The van der Waals surface area contributed by atoms with Gasteiger partial charge >= 0.3 is 0 Å². The Labute approximate surface area is 145 Å². The summed E-state index contributed by atoms with van der Waals surface area (Å²) in [5.41, 5.74) is 1.50. The zero-order chi connectivity index (χ0) is 17.4. The summed E-state index contributed by atoms with van der Waals surface area (Å²) in [4.78, 5) is 16.9. The number of nitrogens with zero attached hydrogens (tertiary/aromatic N) is 5. The summed E-state index contributed by atoms with van der Waals surface area (Å²) < 4.78 is 16.5. The number of fused-ring (bicyclic) bond motifs is 1. The molecule has 1 aromatic carbocycles. The summed E-state index contributed by atoms with van der Waals surface area (Å²) >= 11 is 1.26. The lowest BCUT2D eigenvalue weighted by Gasteiger charge is -2.01. The first-order valence-electron chi connectivity index (χ1n) is 7.60. The van der Waals surface area contributed by atoms with Crippen molar-refractivity contribution in [3.63, 3.8) is 0 Å². The Morgan fingerprint density at radius 2 is 2.16 bits per heavy atom. The fourth-order valence-electron chi connectivity index (χ4n) is 2.37. The van der Waals surface area contributed by atoms with E-state index in [9.17, 15) is 9.18 Å². The van der Waals surface area contributed by atoms with Crippen LogP contribution in [0.4, 0.5) is 15.2 Å². The van der Waals surface area contributed by atoms with Crippen molar-refractivity contribution in [3.8, 4) is 5.69 Å². The van der Waals surface area contributed by atoms with Crippen LogP contribution < -0.4 is 10.9 Å². The topological polar surface area (TPSA) is 77.1 Å². The third-order valence-electron chi connectivity index (χ3n) is 3.59. The minimum atomic E-state index is -0.361. The Balaban J connectivity index is 1.65. The molecule has 0 spiro atoms. The standard InChI is InChI=1S/C16H13FN6OS/c1-2-10-7-14(24)23-16(20-10)25-15(21-23)19-11-8-18-22(9-11)13-6-4-3-5-12(13)17/h3-9H,2H2,1H3,(H,19,21). The summed E-state index contributed by atoms with van der Waals surface area (Å²) in [7, 11) is 0. The van der Waals surface area contributed by atoms with Crippen LogP contribution in [-0.2, 0) is 6.42 Å². The second kappa shape index (κ2) is 6.10. The molecule has 0 fully saturated rings. The average Bonchev–Trinajstić information content (AvgIpc) is 3.22. The molecule has 3 aromatic heterocycles. The molecule has 7 nitrogen and oxygen atoms in total. The molecular formula is C16H13FN6OS. The second-order valence-electron chi connectivity index (χ2n) is 5.29. The van der Waals surface area contributed by atoms with Crippen LogP contribution in [0.15, 0.2) is 47.5 Å². The van der Waals surface area contributed by atoms with Gasteiger partial charge in [0.2, 0.25) is 10.1 Å². The third kappa shape index (κ3) is 2.89. The minimum Gasteiger partial charge on any atom is -0.327 e. The number of para-hydroxylation sites is 1. The first-order valence-corrected chi connectivity index (χ1v) is 8.42. The van der Waals surface area contributed by atoms with Crippen LogP contribution in [0, 0.1) is 5.82 Å². The molecule has 0 aliphatic carbocycles. The number of hydrogen-bond donors (Lipinski definition) is 1. The molecule has 4 rings (SSSR count). The molecule has 0 bridgehead atoms. The molecule has 4 aromatic rings. The van der Waals surface area contributed by atoms with Crippen molar-refractivity contribution in [1.29, 1.82) is 0 Å². The number of halogens is 1. The van der Waals surface area contributed by atoms with Crippen LogP contribution in [0.3, 0.4) is 0 Å². The largest absolute Gasteiger partial charge is 0.327 e. The molecule has 0 saturated carbocycles. The Morgan fingerprint density at radius 3 is 2.96 bits per heavy atom. The van der Waals surface area contributed by atoms with Crippen molar-refractivity contribution < 1.29 is 4.39 Å². The zero-order valence-corrected chi connectivity index (χ0v) is 14.0. The molecule has 0 radical (unpaired) electrons. The maximum Gasteiger partial charge on any atom is 0.275 e. The third-order valence-corrected chi connectivity index (χ3v) is 4.42. The lowest BCUT2D eigenvalue weighted by Crippen LogP contribution is -2.15. The van der Waals surface area contributed by atoms with Gasteiger partial charge in [0.25, 0.3) is 5.56 Å². The number of anilines is 2. The number of benzene rings is 1. The number of aromatic nitrogens is 5. The van der Waals surface area contributed by atoms with E-state index >= 15 is 0 Å². The van der Waals surface area contributed by atoms with Gasteiger partial charge in [-0.25, -0.2) is 14.1 Å². The lowest BCUT2D eigenvalue weighted by atomic mass is 10.3. The van der Waals surface area contributed by atoms with Gasteiger partial charge in [0, 0.05) is 11.8 Å². The number of aryl methyl sites for hydroxylation is 1. The quantitative estimate of drug-likeness (QED) is 0.608. The van der Waals surface area contributed by atoms with Gasteiger partial charge in [-0.05, 0) is 18.6 Å². The lowest BCUT2D eigenvalue weighted by molar-refractivity contribution is 0.611. The normalized spacial score (nSPS) is 11.1. The highest BCUT2D eigenvalue weighted by atomic mass is 32.1. The van der Waals surface area contributed by atoms with Gasteiger partial charge in [-0.15, -0.1) is 5.10 Å². The molecule has 0 aliphatic rings. The molecule has 25 heavy (non-hydrogen) atoms. The van der Waals surface area contributed by atoms with Crippen molar-refractivity contribution in [2.24, 2.45) is 0 Å². The molecule has 9 heteroatoms. The van der Waals surface area contributed by atoms with E-state index in [4.69, 9.17) is 0 Å². The Kier molecular flexibility index (Phi) is 3.77. The molecule has 0 atom stereocenters. The summed E-state index contributed by atoms with van der Waals surface area (Å²) in [6.45, 7) is 1.94. The van der Waals surface area contributed by atoms with Gasteiger partial charge in [-0.3, -0.25) is 4.79 Å². The van der Waals surface area contributed by atoms with E-state index in [0.29, 0.717) is 27.9 Å². The molecule has 0 unspecified atom stereocenters. The van der Waals surface area contributed by atoms with Crippen molar-refractivity contribution in [2.45, 2.75) is 13.3 Å². The molecule has 0 amide bonds. The number of rotatable bonds is 4. The smallest absolute Gasteiger partial charge is 0.275 e. The average molecular weight is 356 g/mol. The zero-order valence-electron chi connectivity index (χ0n) is 13.2. The van der Waals surface area contributed by atoms with Crippen molar-refractivity contribution in [2.75, 3.05) is 5.32 Å². The Morgan fingerprint density at radius 1 is 1.32 bits per heavy atom. The number of hydrogen-bond acceptors (Lipinski definition) is 6. The highest BCUT2D eigenvalue weighted by Gasteiger charge is 2.10. The van der Waals surface area contributed by atoms with Gasteiger partial charge in [0.1, 0.15) is 11.5 Å². The van der Waals surface area contributed by atoms with E-state index in [1.807, 2.05) is 6.92 Å². The predicted octanol–water partition coefficient (Wildman–Crippen LogP) is 2.78. The second-order valence-corrected chi connectivity index (χ2v) is 6.25. The van der Waals surface area contributed by atoms with Crippen molar-refractivity contribution in [3.05, 3.63) is 64.6 Å². The van der Waals surface area contributed by atoms with Crippen LogP contribution in [0.2, 0.25) is 0 Å². The first kappa shape index (κ1) is 15.5. The summed E-state index contributed by atoms with van der Waals surface area (Å²) in [5, 5.41) is 11.9. The fraction of sp³-hybridized carbons (Fsp3) is 0.125. The monoisotopic (exact) mass is 356 g/mol. The van der Waals surface area contributed by atoms with E-state index in [1.165, 1.54) is 32.7 Å². The molecule has 0 saturated heterocycles.